The van der Waals surface area contributed by atoms with Gasteiger partial charge in [0, 0.05) is 25.1 Å². The molecule has 2 rings (SSSR count). The molecule has 0 radical (unpaired) electrons. The van der Waals surface area contributed by atoms with Crippen LogP contribution in [0.1, 0.15) is 21.6 Å². The fourth-order valence-electron chi connectivity index (χ4n) is 1.46. The van der Waals surface area contributed by atoms with E-state index in [1.54, 1.807) is 6.20 Å². The molecule has 4 heteroatoms. The topological polar surface area (TPSA) is 57.8 Å². The third-order valence-corrected chi connectivity index (χ3v) is 2.34. The summed E-state index contributed by atoms with van der Waals surface area (Å²) in [5.41, 5.74) is 2.41. The minimum Gasteiger partial charge on any atom is -0.367 e. The van der Waals surface area contributed by atoms with Gasteiger partial charge in [-0.3, -0.25) is 9.78 Å². The van der Waals surface area contributed by atoms with E-state index in [4.69, 9.17) is 0 Å². The van der Waals surface area contributed by atoms with Crippen LogP contribution in [0, 0.1) is 6.92 Å². The van der Waals surface area contributed by atoms with Crippen molar-refractivity contribution in [3.05, 3.63) is 53.6 Å². The van der Waals surface area contributed by atoms with E-state index in [2.05, 4.69) is 15.3 Å². The third kappa shape index (κ3) is 2.28. The van der Waals surface area contributed by atoms with Crippen LogP contribution in [0.5, 0.6) is 0 Å². The van der Waals surface area contributed by atoms with Gasteiger partial charge in [-0.2, -0.15) is 0 Å². The van der Waals surface area contributed by atoms with Crippen molar-refractivity contribution in [2.75, 3.05) is 0 Å². The van der Waals surface area contributed by atoms with E-state index in [0.717, 1.165) is 11.1 Å². The van der Waals surface area contributed by atoms with Crippen LogP contribution in [0.3, 0.4) is 0 Å². The first-order valence-corrected chi connectivity index (χ1v) is 5.09. The molecule has 0 saturated heterocycles. The average Bonchev–Trinajstić information content (AvgIpc) is 2.79. The highest BCUT2D eigenvalue weighted by Gasteiger charge is 2.08. The molecule has 0 saturated carbocycles. The molecule has 82 valence electrons. The fourth-order valence-corrected chi connectivity index (χ4v) is 1.46. The number of hydrogen-bond donors (Lipinski definition) is 2. The van der Waals surface area contributed by atoms with Gasteiger partial charge in [0.25, 0.3) is 5.91 Å². The molecule has 0 aromatic carbocycles. The minimum absolute atomic E-state index is 0.140. The monoisotopic (exact) mass is 215 g/mol. The molecule has 0 aliphatic rings. The van der Waals surface area contributed by atoms with Crippen molar-refractivity contribution in [1.29, 1.82) is 0 Å². The highest BCUT2D eigenvalue weighted by atomic mass is 16.1. The van der Waals surface area contributed by atoms with Crippen LogP contribution in [-0.2, 0) is 6.54 Å². The number of carbonyl (C=O) groups is 1. The third-order valence-electron chi connectivity index (χ3n) is 2.34. The summed E-state index contributed by atoms with van der Waals surface area (Å²) < 4.78 is 0. The number of hydrogen-bond acceptors (Lipinski definition) is 2. The molecule has 4 nitrogen and oxygen atoms in total. The smallest absolute Gasteiger partial charge is 0.270 e. The van der Waals surface area contributed by atoms with Gasteiger partial charge in [0.2, 0.25) is 0 Å². The Balaban J connectivity index is 2.01. The van der Waals surface area contributed by atoms with Gasteiger partial charge in [0.05, 0.1) is 0 Å². The summed E-state index contributed by atoms with van der Waals surface area (Å²) in [5.74, 6) is -0.140. The molecule has 2 aromatic heterocycles. The van der Waals surface area contributed by atoms with Gasteiger partial charge < -0.3 is 10.3 Å². The Labute approximate surface area is 93.7 Å². The number of amides is 1. The van der Waals surface area contributed by atoms with Gasteiger partial charge in [-0.1, -0.05) is 6.07 Å². The Hall–Kier alpha value is -2.10. The van der Waals surface area contributed by atoms with E-state index in [-0.39, 0.29) is 5.91 Å². The molecule has 2 N–H and O–H groups in total. The highest BCUT2D eigenvalue weighted by Crippen LogP contribution is 2.03. The molecule has 0 aliphatic carbocycles. The van der Waals surface area contributed by atoms with Crippen molar-refractivity contribution >= 4 is 5.91 Å². The first kappa shape index (κ1) is 10.4. The predicted octanol–water partition coefficient (Wildman–Crippen LogP) is 1.65. The van der Waals surface area contributed by atoms with Crippen molar-refractivity contribution < 1.29 is 4.79 Å². The maximum atomic E-state index is 11.8. The van der Waals surface area contributed by atoms with Crippen LogP contribution in [0.15, 0.2) is 36.8 Å². The number of rotatable bonds is 3. The van der Waals surface area contributed by atoms with Crippen LogP contribution in [0.4, 0.5) is 0 Å². The molecule has 2 heterocycles. The van der Waals surface area contributed by atoms with Crippen molar-refractivity contribution in [3.63, 3.8) is 0 Å². The predicted molar refractivity (Wildman–Crippen MR) is 60.9 cm³/mol. The Kier molecular flexibility index (Phi) is 3.00. The van der Waals surface area contributed by atoms with E-state index < -0.39 is 0 Å². The first-order valence-electron chi connectivity index (χ1n) is 5.09. The van der Waals surface area contributed by atoms with Gasteiger partial charge in [0.1, 0.15) is 5.69 Å². The van der Waals surface area contributed by atoms with E-state index in [1.165, 1.54) is 0 Å². The number of aryl methyl sites for hydroxylation is 1. The summed E-state index contributed by atoms with van der Waals surface area (Å²) >= 11 is 0. The lowest BCUT2D eigenvalue weighted by molar-refractivity contribution is 0.0945. The second kappa shape index (κ2) is 4.61. The number of aromatic nitrogens is 2. The van der Waals surface area contributed by atoms with Crippen LogP contribution in [0.25, 0.3) is 0 Å². The lowest BCUT2D eigenvalue weighted by Gasteiger charge is -2.05. The zero-order chi connectivity index (χ0) is 11.4. The van der Waals surface area contributed by atoms with E-state index >= 15 is 0 Å². The summed E-state index contributed by atoms with van der Waals surface area (Å²) in [6.07, 6.45) is 5.30. The highest BCUT2D eigenvalue weighted by molar-refractivity contribution is 5.93. The molecule has 16 heavy (non-hydrogen) atoms. The molecule has 2 aromatic rings. The van der Waals surface area contributed by atoms with Gasteiger partial charge in [-0.05, 0) is 30.2 Å². The quantitative estimate of drug-likeness (QED) is 0.817. The maximum Gasteiger partial charge on any atom is 0.270 e. The van der Waals surface area contributed by atoms with Crippen molar-refractivity contribution in [1.82, 2.24) is 15.3 Å². The van der Waals surface area contributed by atoms with E-state index in [0.29, 0.717) is 12.2 Å². The van der Waals surface area contributed by atoms with Gasteiger partial charge in [-0.25, -0.2) is 0 Å². The van der Waals surface area contributed by atoms with Gasteiger partial charge >= 0.3 is 0 Å². The van der Waals surface area contributed by atoms with Crippen LogP contribution in [0.2, 0.25) is 0 Å². The Morgan fingerprint density at radius 1 is 1.50 bits per heavy atom. The number of carbonyl (C=O) groups excluding carboxylic acids is 1. The number of aromatic amines is 1. The molecule has 0 bridgehead atoms. The summed E-state index contributed by atoms with van der Waals surface area (Å²) in [6, 6.07) is 5.61. The molecule has 0 fully saturated rings. The molecule has 0 atom stereocenters. The lowest BCUT2D eigenvalue weighted by Crippen LogP contribution is -2.24. The van der Waals surface area contributed by atoms with E-state index in [9.17, 15) is 4.79 Å². The molecule has 0 spiro atoms. The first-order chi connectivity index (χ1) is 7.77. The van der Waals surface area contributed by atoms with Crippen molar-refractivity contribution in [2.24, 2.45) is 0 Å². The normalized spacial score (nSPS) is 10.1. The Morgan fingerprint density at radius 2 is 2.38 bits per heavy atom. The summed E-state index contributed by atoms with van der Waals surface area (Å²) in [4.78, 5) is 18.8. The SMILES string of the molecule is Cc1cccnc1C(=O)NCc1cc[nH]c1. The minimum atomic E-state index is -0.140. The van der Waals surface area contributed by atoms with Crippen LogP contribution in [-0.4, -0.2) is 15.9 Å². The second-order valence-corrected chi connectivity index (χ2v) is 3.57. The molecule has 0 unspecified atom stereocenters. The Morgan fingerprint density at radius 3 is 3.06 bits per heavy atom. The lowest BCUT2D eigenvalue weighted by atomic mass is 10.2. The second-order valence-electron chi connectivity index (χ2n) is 3.57. The zero-order valence-electron chi connectivity index (χ0n) is 9.03. The fraction of sp³-hybridized carbons (Fsp3) is 0.167. The molecular weight excluding hydrogens is 202 g/mol. The number of nitrogens with zero attached hydrogens (tertiary/aromatic N) is 1. The molecule has 1 amide bonds. The molecular formula is C12H13N3O. The van der Waals surface area contributed by atoms with Crippen molar-refractivity contribution in [2.45, 2.75) is 13.5 Å². The molecule has 0 aliphatic heterocycles. The van der Waals surface area contributed by atoms with E-state index in [1.807, 2.05) is 37.5 Å². The maximum absolute atomic E-state index is 11.8. The van der Waals surface area contributed by atoms with Crippen LogP contribution >= 0.6 is 0 Å². The number of nitrogens with one attached hydrogen (secondary N) is 2. The largest absolute Gasteiger partial charge is 0.367 e. The number of H-pyrrole nitrogens is 1. The average molecular weight is 215 g/mol. The summed E-state index contributed by atoms with van der Waals surface area (Å²) in [5, 5.41) is 2.82. The summed E-state index contributed by atoms with van der Waals surface area (Å²) in [7, 11) is 0. The standard InChI is InChI=1S/C12H13N3O/c1-9-3-2-5-14-11(9)12(16)15-8-10-4-6-13-7-10/h2-7,13H,8H2,1H3,(H,15,16). The van der Waals surface area contributed by atoms with Crippen molar-refractivity contribution in [3.8, 4) is 0 Å². The Bertz CT molecular complexity index is 477. The van der Waals surface area contributed by atoms with Gasteiger partial charge in [-0.15, -0.1) is 0 Å². The van der Waals surface area contributed by atoms with Gasteiger partial charge in [0.15, 0.2) is 0 Å². The zero-order valence-corrected chi connectivity index (χ0v) is 9.03. The number of pyridine rings is 1. The summed E-state index contributed by atoms with van der Waals surface area (Å²) in [6.45, 7) is 2.39. The van der Waals surface area contributed by atoms with Crippen LogP contribution < -0.4 is 5.32 Å².